The SMILES string of the molecule is CCOC(=O)c1cc(N)cnc1NCCCCOC(C)C. The van der Waals surface area contributed by atoms with Crippen LogP contribution in [0.4, 0.5) is 11.5 Å². The second kappa shape index (κ2) is 9.18. The molecule has 21 heavy (non-hydrogen) atoms. The molecule has 0 aromatic carbocycles. The van der Waals surface area contributed by atoms with Crippen molar-refractivity contribution < 1.29 is 14.3 Å². The maximum atomic E-state index is 11.9. The summed E-state index contributed by atoms with van der Waals surface area (Å²) in [4.78, 5) is 16.0. The number of aromatic nitrogens is 1. The molecule has 3 N–H and O–H groups in total. The highest BCUT2D eigenvalue weighted by molar-refractivity contribution is 5.95. The van der Waals surface area contributed by atoms with Crippen LogP contribution in [-0.2, 0) is 9.47 Å². The van der Waals surface area contributed by atoms with Gasteiger partial charge < -0.3 is 20.5 Å². The largest absolute Gasteiger partial charge is 0.462 e. The van der Waals surface area contributed by atoms with E-state index in [2.05, 4.69) is 10.3 Å². The maximum Gasteiger partial charge on any atom is 0.341 e. The number of nitrogens with zero attached hydrogens (tertiary/aromatic N) is 1. The summed E-state index contributed by atoms with van der Waals surface area (Å²) in [7, 11) is 0. The fourth-order valence-electron chi connectivity index (χ4n) is 1.74. The van der Waals surface area contributed by atoms with Gasteiger partial charge in [0.15, 0.2) is 0 Å². The van der Waals surface area contributed by atoms with E-state index in [1.54, 1.807) is 13.0 Å². The van der Waals surface area contributed by atoms with Gasteiger partial charge in [-0.25, -0.2) is 9.78 Å². The Hall–Kier alpha value is -1.82. The second-order valence-corrected chi connectivity index (χ2v) is 4.94. The number of pyridine rings is 1. The lowest BCUT2D eigenvalue weighted by molar-refractivity contribution is 0.0527. The summed E-state index contributed by atoms with van der Waals surface area (Å²) in [5, 5.41) is 3.14. The average molecular weight is 295 g/mol. The van der Waals surface area contributed by atoms with Crippen LogP contribution in [0.5, 0.6) is 0 Å². The van der Waals surface area contributed by atoms with Gasteiger partial charge in [-0.1, -0.05) is 0 Å². The van der Waals surface area contributed by atoms with Crippen LogP contribution in [-0.4, -0.2) is 36.8 Å². The van der Waals surface area contributed by atoms with Gasteiger partial charge in [0.25, 0.3) is 0 Å². The summed E-state index contributed by atoms with van der Waals surface area (Å²) >= 11 is 0. The Morgan fingerprint density at radius 3 is 2.86 bits per heavy atom. The van der Waals surface area contributed by atoms with E-state index in [4.69, 9.17) is 15.2 Å². The number of carbonyl (C=O) groups excluding carboxylic acids is 1. The Morgan fingerprint density at radius 1 is 1.43 bits per heavy atom. The Balaban J connectivity index is 2.48. The molecule has 0 saturated heterocycles. The molecular weight excluding hydrogens is 270 g/mol. The Morgan fingerprint density at radius 2 is 2.19 bits per heavy atom. The molecular formula is C15H25N3O3. The van der Waals surface area contributed by atoms with E-state index in [0.29, 0.717) is 30.2 Å². The zero-order chi connectivity index (χ0) is 15.7. The number of carbonyl (C=O) groups is 1. The van der Waals surface area contributed by atoms with Gasteiger partial charge in [0.05, 0.1) is 24.6 Å². The normalized spacial score (nSPS) is 10.7. The monoisotopic (exact) mass is 295 g/mol. The Kier molecular flexibility index (Phi) is 7.53. The molecule has 0 bridgehead atoms. The van der Waals surface area contributed by atoms with Crippen molar-refractivity contribution in [2.45, 2.75) is 39.7 Å². The number of anilines is 2. The Labute approximate surface area is 126 Å². The van der Waals surface area contributed by atoms with Crippen molar-refractivity contribution in [3.63, 3.8) is 0 Å². The second-order valence-electron chi connectivity index (χ2n) is 4.94. The van der Waals surface area contributed by atoms with E-state index in [-0.39, 0.29) is 6.10 Å². The highest BCUT2D eigenvalue weighted by Gasteiger charge is 2.14. The van der Waals surface area contributed by atoms with Crippen molar-refractivity contribution in [2.75, 3.05) is 30.8 Å². The van der Waals surface area contributed by atoms with Gasteiger partial charge in [0.2, 0.25) is 0 Å². The first kappa shape index (κ1) is 17.2. The van der Waals surface area contributed by atoms with Crippen LogP contribution in [0, 0.1) is 0 Å². The molecule has 6 heteroatoms. The molecule has 0 amide bonds. The molecule has 1 aromatic heterocycles. The molecule has 1 aromatic rings. The quantitative estimate of drug-likeness (QED) is 0.537. The minimum Gasteiger partial charge on any atom is -0.462 e. The van der Waals surface area contributed by atoms with E-state index in [0.717, 1.165) is 19.4 Å². The topological polar surface area (TPSA) is 86.5 Å². The molecule has 0 unspecified atom stereocenters. The lowest BCUT2D eigenvalue weighted by atomic mass is 10.2. The van der Waals surface area contributed by atoms with E-state index in [1.807, 2.05) is 13.8 Å². The van der Waals surface area contributed by atoms with E-state index in [9.17, 15) is 4.79 Å². The first-order chi connectivity index (χ1) is 10.0. The van der Waals surface area contributed by atoms with Crippen LogP contribution in [0.25, 0.3) is 0 Å². The smallest absolute Gasteiger partial charge is 0.341 e. The van der Waals surface area contributed by atoms with Crippen LogP contribution in [0.15, 0.2) is 12.3 Å². The molecule has 0 aliphatic heterocycles. The molecule has 118 valence electrons. The Bertz CT molecular complexity index is 450. The molecule has 0 saturated carbocycles. The average Bonchev–Trinajstić information content (AvgIpc) is 2.43. The van der Waals surface area contributed by atoms with Crippen LogP contribution in [0.2, 0.25) is 0 Å². The number of nitrogens with one attached hydrogen (secondary N) is 1. The van der Waals surface area contributed by atoms with E-state index < -0.39 is 5.97 Å². The van der Waals surface area contributed by atoms with Gasteiger partial charge in [0, 0.05) is 13.2 Å². The number of nitrogens with two attached hydrogens (primary N) is 1. The molecule has 0 aliphatic rings. The first-order valence-electron chi connectivity index (χ1n) is 7.32. The zero-order valence-corrected chi connectivity index (χ0v) is 13.0. The number of hydrogen-bond donors (Lipinski definition) is 2. The zero-order valence-electron chi connectivity index (χ0n) is 13.0. The summed E-state index contributed by atoms with van der Waals surface area (Å²) in [5.41, 5.74) is 6.48. The molecule has 6 nitrogen and oxygen atoms in total. The van der Waals surface area contributed by atoms with E-state index in [1.165, 1.54) is 6.20 Å². The van der Waals surface area contributed by atoms with Crippen molar-refractivity contribution in [1.29, 1.82) is 0 Å². The molecule has 0 aliphatic carbocycles. The van der Waals surface area contributed by atoms with Gasteiger partial charge >= 0.3 is 5.97 Å². The third-order valence-corrected chi connectivity index (χ3v) is 2.72. The molecule has 1 heterocycles. The van der Waals surface area contributed by atoms with Crippen LogP contribution < -0.4 is 11.1 Å². The minimum absolute atomic E-state index is 0.257. The summed E-state index contributed by atoms with van der Waals surface area (Å²) in [5.74, 6) is 0.0929. The van der Waals surface area contributed by atoms with Crippen LogP contribution in [0.3, 0.4) is 0 Å². The first-order valence-corrected chi connectivity index (χ1v) is 7.32. The summed E-state index contributed by atoms with van der Waals surface area (Å²) < 4.78 is 10.5. The molecule has 0 atom stereocenters. The highest BCUT2D eigenvalue weighted by atomic mass is 16.5. The lowest BCUT2D eigenvalue weighted by Gasteiger charge is -2.11. The van der Waals surface area contributed by atoms with Gasteiger partial charge in [-0.2, -0.15) is 0 Å². The highest BCUT2D eigenvalue weighted by Crippen LogP contribution is 2.17. The summed E-state index contributed by atoms with van der Waals surface area (Å²) in [6, 6.07) is 1.58. The van der Waals surface area contributed by atoms with Gasteiger partial charge in [-0.05, 0) is 39.7 Å². The molecule has 0 radical (unpaired) electrons. The van der Waals surface area contributed by atoms with Gasteiger partial charge in [-0.15, -0.1) is 0 Å². The molecule has 0 spiro atoms. The number of unbranched alkanes of at least 4 members (excludes halogenated alkanes) is 1. The number of nitrogen functional groups attached to an aromatic ring is 1. The lowest BCUT2D eigenvalue weighted by Crippen LogP contribution is -2.13. The predicted octanol–water partition coefficient (Wildman–Crippen LogP) is 2.46. The number of ether oxygens (including phenoxy) is 2. The van der Waals surface area contributed by atoms with Gasteiger partial charge in [-0.3, -0.25) is 0 Å². The number of hydrogen-bond acceptors (Lipinski definition) is 6. The minimum atomic E-state index is -0.414. The van der Waals surface area contributed by atoms with Crippen molar-refractivity contribution in [3.05, 3.63) is 17.8 Å². The molecule has 1 rings (SSSR count). The van der Waals surface area contributed by atoms with Crippen molar-refractivity contribution >= 4 is 17.5 Å². The van der Waals surface area contributed by atoms with Crippen LogP contribution in [0.1, 0.15) is 44.0 Å². The summed E-state index contributed by atoms with van der Waals surface area (Å²) in [6.07, 6.45) is 3.66. The van der Waals surface area contributed by atoms with Crippen molar-refractivity contribution in [1.82, 2.24) is 4.98 Å². The van der Waals surface area contributed by atoms with Crippen molar-refractivity contribution in [3.8, 4) is 0 Å². The van der Waals surface area contributed by atoms with Crippen LogP contribution >= 0.6 is 0 Å². The fraction of sp³-hybridized carbons (Fsp3) is 0.600. The fourth-order valence-corrected chi connectivity index (χ4v) is 1.74. The molecule has 0 fully saturated rings. The maximum absolute atomic E-state index is 11.9. The van der Waals surface area contributed by atoms with Gasteiger partial charge in [0.1, 0.15) is 11.4 Å². The third-order valence-electron chi connectivity index (χ3n) is 2.72. The predicted molar refractivity (Wildman–Crippen MR) is 83.4 cm³/mol. The van der Waals surface area contributed by atoms with E-state index >= 15 is 0 Å². The third kappa shape index (κ3) is 6.44. The number of rotatable bonds is 9. The summed E-state index contributed by atoms with van der Waals surface area (Å²) in [6.45, 7) is 7.56. The standard InChI is InChI=1S/C15H25N3O3/c1-4-20-15(19)13-9-12(16)10-18-14(13)17-7-5-6-8-21-11(2)3/h9-11H,4-8,16H2,1-3H3,(H,17,18). The van der Waals surface area contributed by atoms with Crippen molar-refractivity contribution in [2.24, 2.45) is 0 Å². The number of esters is 1.